The summed E-state index contributed by atoms with van der Waals surface area (Å²) in [5, 5.41) is 3.13. The number of amides is 1. The first-order valence-corrected chi connectivity index (χ1v) is 10.6. The van der Waals surface area contributed by atoms with Gasteiger partial charge in [-0.3, -0.25) is 9.69 Å². The summed E-state index contributed by atoms with van der Waals surface area (Å²) >= 11 is 0. The predicted octanol–water partition coefficient (Wildman–Crippen LogP) is 3.13. The Kier molecular flexibility index (Phi) is 8.11. The van der Waals surface area contributed by atoms with E-state index in [0.717, 1.165) is 30.0 Å². The third-order valence-corrected chi connectivity index (χ3v) is 5.34. The zero-order chi connectivity index (χ0) is 21.3. The fourth-order valence-corrected chi connectivity index (χ4v) is 3.68. The quantitative estimate of drug-likeness (QED) is 0.686. The van der Waals surface area contributed by atoms with Crippen LogP contribution in [0, 0.1) is 6.92 Å². The van der Waals surface area contributed by atoms with Gasteiger partial charge in [0.25, 0.3) is 0 Å². The van der Waals surface area contributed by atoms with Gasteiger partial charge in [-0.15, -0.1) is 0 Å². The highest BCUT2D eigenvalue weighted by Crippen LogP contribution is 2.32. The van der Waals surface area contributed by atoms with E-state index in [1.165, 1.54) is 5.56 Å². The highest BCUT2D eigenvalue weighted by Gasteiger charge is 2.24. The number of nitrogens with one attached hydrogen (secondary N) is 1. The molecule has 0 spiro atoms. The summed E-state index contributed by atoms with van der Waals surface area (Å²) in [4.78, 5) is 14.9. The molecule has 1 unspecified atom stereocenters. The van der Waals surface area contributed by atoms with Gasteiger partial charge in [-0.2, -0.15) is 0 Å². The number of aryl methyl sites for hydroxylation is 1. The molecule has 0 saturated carbocycles. The molecule has 1 atom stereocenters. The van der Waals surface area contributed by atoms with Crippen LogP contribution in [0.1, 0.15) is 29.7 Å². The summed E-state index contributed by atoms with van der Waals surface area (Å²) in [6.07, 6.45) is 0.378. The monoisotopic (exact) mass is 412 g/mol. The van der Waals surface area contributed by atoms with Gasteiger partial charge in [0.1, 0.15) is 0 Å². The number of rotatable bonds is 9. The second-order valence-electron chi connectivity index (χ2n) is 7.47. The molecule has 3 rings (SSSR count). The fraction of sp³-hybridized carbons (Fsp3) is 0.458. The van der Waals surface area contributed by atoms with Gasteiger partial charge in [-0.05, 0) is 37.1 Å². The average Bonchev–Trinajstić information content (AvgIpc) is 2.77. The smallest absolute Gasteiger partial charge is 0.224 e. The molecule has 1 aliphatic rings. The van der Waals surface area contributed by atoms with E-state index in [2.05, 4.69) is 16.3 Å². The van der Waals surface area contributed by atoms with Crippen molar-refractivity contribution in [2.75, 3.05) is 46.6 Å². The van der Waals surface area contributed by atoms with E-state index < -0.39 is 0 Å². The third-order valence-electron chi connectivity index (χ3n) is 5.34. The molecule has 1 amide bonds. The molecule has 1 saturated heterocycles. The summed E-state index contributed by atoms with van der Waals surface area (Å²) < 4.78 is 16.7. The van der Waals surface area contributed by atoms with Gasteiger partial charge >= 0.3 is 0 Å². The van der Waals surface area contributed by atoms with Gasteiger partial charge in [-0.1, -0.05) is 35.9 Å². The van der Waals surface area contributed by atoms with Gasteiger partial charge in [0.15, 0.2) is 11.5 Å². The highest BCUT2D eigenvalue weighted by molar-refractivity contribution is 5.78. The molecule has 0 bridgehead atoms. The van der Waals surface area contributed by atoms with Gasteiger partial charge < -0.3 is 19.5 Å². The maximum atomic E-state index is 12.6. The first-order chi connectivity index (χ1) is 14.6. The Morgan fingerprint density at radius 2 is 1.87 bits per heavy atom. The van der Waals surface area contributed by atoms with Crippen LogP contribution in [0.4, 0.5) is 0 Å². The summed E-state index contributed by atoms with van der Waals surface area (Å²) in [7, 11) is 1.65. The molecule has 2 aromatic carbocycles. The second-order valence-corrected chi connectivity index (χ2v) is 7.47. The lowest BCUT2D eigenvalue weighted by Gasteiger charge is -2.35. The number of morpholine rings is 1. The Bertz CT molecular complexity index is 816. The molecule has 6 nitrogen and oxygen atoms in total. The summed E-state index contributed by atoms with van der Waals surface area (Å²) in [6.45, 7) is 8.15. The van der Waals surface area contributed by atoms with Crippen molar-refractivity contribution in [2.24, 2.45) is 0 Å². The molecule has 1 fully saturated rings. The van der Waals surface area contributed by atoms with E-state index in [9.17, 15) is 4.79 Å². The number of benzene rings is 2. The number of ether oxygens (including phenoxy) is 3. The number of carbonyl (C=O) groups is 1. The van der Waals surface area contributed by atoms with Crippen molar-refractivity contribution in [2.45, 2.75) is 26.3 Å². The summed E-state index contributed by atoms with van der Waals surface area (Å²) in [5.74, 6) is 1.46. The lowest BCUT2D eigenvalue weighted by Crippen LogP contribution is -2.44. The Morgan fingerprint density at radius 1 is 1.13 bits per heavy atom. The number of hydrogen-bond acceptors (Lipinski definition) is 5. The Balaban J connectivity index is 1.72. The SMILES string of the molecule is CCOc1ccc(C(CNC(=O)Cc2ccc(C)cc2)N2CCOCC2)cc1OC. The third kappa shape index (κ3) is 5.97. The van der Waals surface area contributed by atoms with E-state index >= 15 is 0 Å². The van der Waals surface area contributed by atoms with Crippen LogP contribution in [0.5, 0.6) is 11.5 Å². The predicted molar refractivity (Wildman–Crippen MR) is 117 cm³/mol. The van der Waals surface area contributed by atoms with Crippen LogP contribution in [0.3, 0.4) is 0 Å². The normalized spacial score (nSPS) is 15.4. The van der Waals surface area contributed by atoms with Crippen molar-refractivity contribution in [3.63, 3.8) is 0 Å². The van der Waals surface area contributed by atoms with Gasteiger partial charge in [0.05, 0.1) is 39.4 Å². The molecular weight excluding hydrogens is 380 g/mol. The van der Waals surface area contributed by atoms with Crippen LogP contribution in [0.25, 0.3) is 0 Å². The minimum atomic E-state index is 0.0232. The first kappa shape index (κ1) is 22.1. The van der Waals surface area contributed by atoms with Crippen molar-refractivity contribution < 1.29 is 19.0 Å². The van der Waals surface area contributed by atoms with E-state index in [1.54, 1.807) is 7.11 Å². The number of hydrogen-bond donors (Lipinski definition) is 1. The number of carbonyl (C=O) groups excluding carboxylic acids is 1. The Morgan fingerprint density at radius 3 is 2.53 bits per heavy atom. The van der Waals surface area contributed by atoms with Crippen LogP contribution in [0.15, 0.2) is 42.5 Å². The summed E-state index contributed by atoms with van der Waals surface area (Å²) in [5.41, 5.74) is 3.30. The number of nitrogens with zero attached hydrogens (tertiary/aromatic N) is 1. The molecule has 1 N–H and O–H groups in total. The molecule has 30 heavy (non-hydrogen) atoms. The molecule has 162 valence electrons. The van der Waals surface area contributed by atoms with Crippen LogP contribution in [0.2, 0.25) is 0 Å². The van der Waals surface area contributed by atoms with E-state index in [-0.39, 0.29) is 11.9 Å². The molecule has 0 aromatic heterocycles. The molecule has 6 heteroatoms. The minimum absolute atomic E-state index is 0.0232. The maximum absolute atomic E-state index is 12.6. The van der Waals surface area contributed by atoms with Crippen molar-refractivity contribution >= 4 is 5.91 Å². The Labute approximate surface area is 179 Å². The number of methoxy groups -OCH3 is 1. The van der Waals surface area contributed by atoms with Crippen molar-refractivity contribution in [3.8, 4) is 11.5 Å². The van der Waals surface area contributed by atoms with Crippen molar-refractivity contribution in [3.05, 3.63) is 59.2 Å². The van der Waals surface area contributed by atoms with Gasteiger partial charge in [0.2, 0.25) is 5.91 Å². The van der Waals surface area contributed by atoms with E-state index in [4.69, 9.17) is 14.2 Å². The molecule has 0 radical (unpaired) electrons. The van der Waals surface area contributed by atoms with Crippen LogP contribution in [-0.2, 0) is 16.0 Å². The van der Waals surface area contributed by atoms with E-state index in [0.29, 0.717) is 38.5 Å². The second kappa shape index (κ2) is 11.0. The van der Waals surface area contributed by atoms with Crippen LogP contribution >= 0.6 is 0 Å². The Hall–Kier alpha value is -2.57. The maximum Gasteiger partial charge on any atom is 0.224 e. The van der Waals surface area contributed by atoms with Gasteiger partial charge in [0, 0.05) is 19.6 Å². The van der Waals surface area contributed by atoms with Crippen LogP contribution in [-0.4, -0.2) is 57.4 Å². The highest BCUT2D eigenvalue weighted by atomic mass is 16.5. The topological polar surface area (TPSA) is 60.0 Å². The van der Waals surface area contributed by atoms with Crippen LogP contribution < -0.4 is 14.8 Å². The molecule has 2 aromatic rings. The largest absolute Gasteiger partial charge is 0.493 e. The van der Waals surface area contributed by atoms with Crippen molar-refractivity contribution in [1.29, 1.82) is 0 Å². The lowest BCUT2D eigenvalue weighted by molar-refractivity contribution is -0.120. The standard InChI is InChI=1S/C24H32N2O4/c1-4-30-22-10-9-20(16-23(22)28-3)21(26-11-13-29-14-12-26)17-25-24(27)15-19-7-5-18(2)6-8-19/h5-10,16,21H,4,11-15,17H2,1-3H3,(H,25,27). The molecular formula is C24H32N2O4. The minimum Gasteiger partial charge on any atom is -0.493 e. The zero-order valence-electron chi connectivity index (χ0n) is 18.1. The summed E-state index contributed by atoms with van der Waals surface area (Å²) in [6, 6.07) is 14.1. The molecule has 1 heterocycles. The van der Waals surface area contributed by atoms with Gasteiger partial charge in [-0.25, -0.2) is 0 Å². The zero-order valence-corrected chi connectivity index (χ0v) is 18.1. The van der Waals surface area contributed by atoms with E-state index in [1.807, 2.05) is 50.2 Å². The molecule has 1 aliphatic heterocycles. The average molecular weight is 413 g/mol. The first-order valence-electron chi connectivity index (χ1n) is 10.6. The molecule has 0 aliphatic carbocycles. The van der Waals surface area contributed by atoms with Crippen molar-refractivity contribution in [1.82, 2.24) is 10.2 Å². The fourth-order valence-electron chi connectivity index (χ4n) is 3.68. The lowest BCUT2D eigenvalue weighted by atomic mass is 10.0.